The molecule has 1 saturated heterocycles. The Balaban J connectivity index is 2.11. The maximum Gasteiger partial charge on any atom is 0.174 e. The van der Waals surface area contributed by atoms with Crippen LogP contribution in [0.15, 0.2) is 5.16 Å². The number of piperidine rings is 1. The van der Waals surface area contributed by atoms with Gasteiger partial charge in [0.15, 0.2) is 11.7 Å². The van der Waals surface area contributed by atoms with Gasteiger partial charge in [0.25, 0.3) is 0 Å². The van der Waals surface area contributed by atoms with Gasteiger partial charge >= 0.3 is 0 Å². The van der Waals surface area contributed by atoms with Gasteiger partial charge in [-0.1, -0.05) is 19.0 Å². The third-order valence-electron chi connectivity index (χ3n) is 4.87. The molecule has 6 heteroatoms. The van der Waals surface area contributed by atoms with Crippen LogP contribution in [0.3, 0.4) is 0 Å². The molecule has 2 aliphatic rings. The number of nitrogens with two attached hydrogens (primary N) is 1. The van der Waals surface area contributed by atoms with E-state index >= 15 is 0 Å². The third-order valence-corrected chi connectivity index (χ3v) is 4.87. The molecule has 2 fully saturated rings. The molecular formula is C15H23N5O. The van der Waals surface area contributed by atoms with E-state index in [1.165, 1.54) is 19.3 Å². The number of amidine groups is 1. The molecule has 1 aliphatic carbocycles. The summed E-state index contributed by atoms with van der Waals surface area (Å²) >= 11 is 0. The highest BCUT2D eigenvalue weighted by atomic mass is 16.4. The molecule has 1 aliphatic heterocycles. The standard InChI is InChI=1S/C15H23N5O/c1-3-11-12(4-2)17-18-15(13(11)14(16)19-21)20-8-9-5-6-10(20)7-9/h9-10,21H,3-8H2,1-2H3,(H2,16,19). The Labute approximate surface area is 125 Å². The average Bonchev–Trinajstić information content (AvgIpc) is 3.15. The molecule has 0 spiro atoms. The van der Waals surface area contributed by atoms with Crippen molar-refractivity contribution in [3.8, 4) is 0 Å². The monoisotopic (exact) mass is 289 g/mol. The zero-order valence-electron chi connectivity index (χ0n) is 12.7. The minimum absolute atomic E-state index is 0.147. The third kappa shape index (κ3) is 2.22. The zero-order chi connectivity index (χ0) is 15.0. The predicted octanol–water partition coefficient (Wildman–Crippen LogP) is 1.68. The van der Waals surface area contributed by atoms with E-state index in [0.717, 1.165) is 47.9 Å². The van der Waals surface area contributed by atoms with Crippen molar-refractivity contribution in [3.63, 3.8) is 0 Å². The van der Waals surface area contributed by atoms with E-state index in [-0.39, 0.29) is 5.84 Å². The largest absolute Gasteiger partial charge is 0.409 e. The van der Waals surface area contributed by atoms with Crippen LogP contribution in [0, 0.1) is 5.92 Å². The smallest absolute Gasteiger partial charge is 0.174 e. The van der Waals surface area contributed by atoms with Gasteiger partial charge in [0.05, 0.1) is 11.3 Å². The van der Waals surface area contributed by atoms with Crippen LogP contribution < -0.4 is 10.6 Å². The van der Waals surface area contributed by atoms with Gasteiger partial charge < -0.3 is 15.8 Å². The Morgan fingerprint density at radius 1 is 1.33 bits per heavy atom. The molecule has 0 amide bonds. The molecule has 2 unspecified atom stereocenters. The molecule has 3 N–H and O–H groups in total. The summed E-state index contributed by atoms with van der Waals surface area (Å²) in [4.78, 5) is 2.31. The first-order chi connectivity index (χ1) is 10.2. The first-order valence-corrected chi connectivity index (χ1v) is 7.82. The Bertz CT molecular complexity index is 571. The lowest BCUT2D eigenvalue weighted by Crippen LogP contribution is -2.35. The predicted molar refractivity (Wildman–Crippen MR) is 81.8 cm³/mol. The van der Waals surface area contributed by atoms with Gasteiger partial charge in [0.2, 0.25) is 0 Å². The second-order valence-corrected chi connectivity index (χ2v) is 6.00. The van der Waals surface area contributed by atoms with E-state index in [4.69, 9.17) is 10.9 Å². The number of aryl methyl sites for hydroxylation is 1. The minimum atomic E-state index is 0.147. The van der Waals surface area contributed by atoms with Crippen molar-refractivity contribution >= 4 is 11.7 Å². The van der Waals surface area contributed by atoms with Gasteiger partial charge in [-0.25, -0.2) is 0 Å². The molecule has 3 rings (SSSR count). The topological polar surface area (TPSA) is 87.6 Å². The second-order valence-electron chi connectivity index (χ2n) is 6.00. The summed E-state index contributed by atoms with van der Waals surface area (Å²) in [7, 11) is 0. The zero-order valence-corrected chi connectivity index (χ0v) is 12.7. The van der Waals surface area contributed by atoms with Gasteiger partial charge in [0, 0.05) is 12.6 Å². The van der Waals surface area contributed by atoms with Crippen LogP contribution in [0.2, 0.25) is 0 Å². The van der Waals surface area contributed by atoms with Gasteiger partial charge in [-0.15, -0.1) is 5.10 Å². The van der Waals surface area contributed by atoms with E-state index in [0.29, 0.717) is 6.04 Å². The molecule has 2 bridgehead atoms. The SMILES string of the molecule is CCc1nnc(N2CC3CCC2C3)c(C(N)=NO)c1CC. The highest BCUT2D eigenvalue weighted by Gasteiger charge is 2.40. The maximum absolute atomic E-state index is 9.17. The van der Waals surface area contributed by atoms with Crippen LogP contribution >= 0.6 is 0 Å². The van der Waals surface area contributed by atoms with Gasteiger partial charge in [-0.3, -0.25) is 0 Å². The number of aromatic nitrogens is 2. The second kappa shape index (κ2) is 5.50. The number of hydrogen-bond acceptors (Lipinski definition) is 5. The van der Waals surface area contributed by atoms with Crippen LogP contribution in [0.1, 0.15) is 49.9 Å². The summed E-state index contributed by atoms with van der Waals surface area (Å²) in [6.45, 7) is 5.14. The summed E-state index contributed by atoms with van der Waals surface area (Å²) in [5, 5.41) is 21.2. The molecule has 21 heavy (non-hydrogen) atoms. The molecule has 2 heterocycles. The number of hydrogen-bond donors (Lipinski definition) is 2. The lowest BCUT2D eigenvalue weighted by molar-refractivity contribution is 0.318. The first-order valence-electron chi connectivity index (χ1n) is 7.82. The van der Waals surface area contributed by atoms with E-state index < -0.39 is 0 Å². The van der Waals surface area contributed by atoms with Crippen LogP contribution in [0.4, 0.5) is 5.82 Å². The summed E-state index contributed by atoms with van der Waals surface area (Å²) in [5.74, 6) is 1.70. The van der Waals surface area contributed by atoms with E-state index in [1.54, 1.807) is 0 Å². The van der Waals surface area contributed by atoms with Gasteiger partial charge in [0.1, 0.15) is 0 Å². The Hall–Kier alpha value is -1.85. The molecule has 0 radical (unpaired) electrons. The fraction of sp³-hybridized carbons (Fsp3) is 0.667. The van der Waals surface area contributed by atoms with Crippen molar-refractivity contribution in [2.24, 2.45) is 16.8 Å². The fourth-order valence-corrected chi connectivity index (χ4v) is 3.87. The van der Waals surface area contributed by atoms with Crippen LogP contribution in [-0.2, 0) is 12.8 Å². The molecule has 2 atom stereocenters. The minimum Gasteiger partial charge on any atom is -0.409 e. The van der Waals surface area contributed by atoms with Gasteiger partial charge in [-0.05, 0) is 43.6 Å². The number of rotatable bonds is 4. The lowest BCUT2D eigenvalue weighted by Gasteiger charge is -2.30. The molecule has 6 nitrogen and oxygen atoms in total. The number of anilines is 1. The Morgan fingerprint density at radius 2 is 2.14 bits per heavy atom. The maximum atomic E-state index is 9.17. The molecule has 1 aromatic rings. The molecule has 0 aromatic carbocycles. The summed E-state index contributed by atoms with van der Waals surface area (Å²) < 4.78 is 0. The lowest BCUT2D eigenvalue weighted by atomic mass is 10.0. The van der Waals surface area contributed by atoms with E-state index in [9.17, 15) is 0 Å². The Morgan fingerprint density at radius 3 is 2.67 bits per heavy atom. The summed E-state index contributed by atoms with van der Waals surface area (Å²) in [6.07, 6.45) is 5.35. The normalized spacial score (nSPS) is 24.9. The molecule has 114 valence electrons. The van der Waals surface area contributed by atoms with Crippen molar-refractivity contribution in [2.75, 3.05) is 11.4 Å². The number of oxime groups is 1. The van der Waals surface area contributed by atoms with Crippen LogP contribution in [0.5, 0.6) is 0 Å². The summed E-state index contributed by atoms with van der Waals surface area (Å²) in [6, 6.07) is 0.534. The average molecular weight is 289 g/mol. The van der Waals surface area contributed by atoms with Crippen molar-refractivity contribution in [2.45, 2.75) is 52.0 Å². The Kier molecular flexibility index (Phi) is 3.69. The van der Waals surface area contributed by atoms with Crippen molar-refractivity contribution in [1.29, 1.82) is 0 Å². The molecule has 1 aromatic heterocycles. The van der Waals surface area contributed by atoms with Crippen molar-refractivity contribution in [3.05, 3.63) is 16.8 Å². The van der Waals surface area contributed by atoms with E-state index in [2.05, 4.69) is 34.1 Å². The van der Waals surface area contributed by atoms with E-state index in [1.807, 2.05) is 0 Å². The fourth-order valence-electron chi connectivity index (χ4n) is 3.87. The molecular weight excluding hydrogens is 266 g/mol. The van der Waals surface area contributed by atoms with Crippen LogP contribution in [0.25, 0.3) is 0 Å². The van der Waals surface area contributed by atoms with Crippen molar-refractivity contribution in [1.82, 2.24) is 10.2 Å². The highest BCUT2D eigenvalue weighted by Crippen LogP contribution is 2.41. The van der Waals surface area contributed by atoms with Crippen LogP contribution in [-0.4, -0.2) is 33.8 Å². The van der Waals surface area contributed by atoms with Crippen molar-refractivity contribution < 1.29 is 5.21 Å². The summed E-state index contributed by atoms with van der Waals surface area (Å²) in [5.41, 5.74) is 8.74. The quantitative estimate of drug-likeness (QED) is 0.381. The number of fused-ring (bicyclic) bond motifs is 2. The molecule has 1 saturated carbocycles. The highest BCUT2D eigenvalue weighted by molar-refractivity contribution is 6.03. The first kappa shape index (κ1) is 14.1. The number of nitrogens with zero attached hydrogens (tertiary/aromatic N) is 4. The van der Waals surface area contributed by atoms with Gasteiger partial charge in [-0.2, -0.15) is 5.10 Å².